The van der Waals surface area contributed by atoms with E-state index >= 15 is 0 Å². The third-order valence-corrected chi connectivity index (χ3v) is 4.14. The average Bonchev–Trinajstić information content (AvgIpc) is 3.31. The van der Waals surface area contributed by atoms with Crippen LogP contribution >= 0.6 is 0 Å². The Balaban J connectivity index is 1.72. The quantitative estimate of drug-likeness (QED) is 0.847. The van der Waals surface area contributed by atoms with Crippen molar-refractivity contribution in [3.63, 3.8) is 0 Å². The van der Waals surface area contributed by atoms with E-state index in [9.17, 15) is 9.18 Å². The van der Waals surface area contributed by atoms with Gasteiger partial charge in [0.05, 0.1) is 0 Å². The zero-order chi connectivity index (χ0) is 13.9. The predicted octanol–water partition coefficient (Wildman–Crippen LogP) is 2.74. The summed E-state index contributed by atoms with van der Waals surface area (Å²) in [5, 5.41) is 0. The van der Waals surface area contributed by atoms with Gasteiger partial charge in [0.1, 0.15) is 5.82 Å². The maximum Gasteiger partial charge on any atom is 0.226 e. The van der Waals surface area contributed by atoms with Gasteiger partial charge in [-0.05, 0) is 31.7 Å². The molecule has 108 valence electrons. The largest absolute Gasteiger partial charge is 0.381 e. The summed E-state index contributed by atoms with van der Waals surface area (Å²) in [5.41, 5.74) is 0.611. The summed E-state index contributed by atoms with van der Waals surface area (Å²) in [6.07, 6.45) is 3.67. The molecule has 2 fully saturated rings. The molecule has 20 heavy (non-hydrogen) atoms. The molecule has 0 bridgehead atoms. The normalized spacial score (nSPS) is 19.9. The van der Waals surface area contributed by atoms with E-state index in [-0.39, 0.29) is 17.6 Å². The predicted molar refractivity (Wildman–Crippen MR) is 73.5 cm³/mol. The first-order valence-corrected chi connectivity index (χ1v) is 7.37. The lowest BCUT2D eigenvalue weighted by Gasteiger charge is -2.29. The Morgan fingerprint density at radius 1 is 1.20 bits per heavy atom. The van der Waals surface area contributed by atoms with Crippen LogP contribution < -0.4 is 0 Å². The molecule has 3 rings (SSSR count). The van der Waals surface area contributed by atoms with E-state index in [0.717, 1.165) is 25.7 Å². The van der Waals surface area contributed by atoms with Gasteiger partial charge in [0.2, 0.25) is 5.91 Å². The van der Waals surface area contributed by atoms with Crippen molar-refractivity contribution in [2.75, 3.05) is 13.2 Å². The lowest BCUT2D eigenvalue weighted by Crippen LogP contribution is -2.39. The van der Waals surface area contributed by atoms with Crippen molar-refractivity contribution in [1.29, 1.82) is 0 Å². The Morgan fingerprint density at radius 2 is 1.90 bits per heavy atom. The van der Waals surface area contributed by atoms with Gasteiger partial charge in [-0.15, -0.1) is 0 Å². The minimum atomic E-state index is -0.224. The molecule has 1 heterocycles. The molecule has 0 atom stereocenters. The molecule has 0 radical (unpaired) electrons. The highest BCUT2D eigenvalue weighted by Gasteiger charge is 2.36. The van der Waals surface area contributed by atoms with Crippen LogP contribution in [0.25, 0.3) is 0 Å². The van der Waals surface area contributed by atoms with Gasteiger partial charge < -0.3 is 9.64 Å². The van der Waals surface area contributed by atoms with Crippen molar-refractivity contribution in [2.45, 2.75) is 38.3 Å². The van der Waals surface area contributed by atoms with E-state index in [1.807, 2.05) is 11.0 Å². The number of ether oxygens (including phenoxy) is 1. The van der Waals surface area contributed by atoms with Crippen molar-refractivity contribution in [3.8, 4) is 0 Å². The molecule has 1 aliphatic carbocycles. The van der Waals surface area contributed by atoms with Crippen molar-refractivity contribution >= 4 is 5.91 Å². The standard InChI is InChI=1S/C16H20FNO2/c17-15-4-2-1-3-13(15)11-18(14-5-6-14)16(19)12-7-9-20-10-8-12/h1-4,12,14H,5-11H2. The van der Waals surface area contributed by atoms with Crippen LogP contribution in [0.3, 0.4) is 0 Å². The van der Waals surface area contributed by atoms with Crippen molar-refractivity contribution in [1.82, 2.24) is 4.90 Å². The number of rotatable bonds is 4. The lowest BCUT2D eigenvalue weighted by molar-refractivity contribution is -0.139. The fraction of sp³-hybridized carbons (Fsp3) is 0.562. The van der Waals surface area contributed by atoms with Gasteiger partial charge in [-0.1, -0.05) is 18.2 Å². The molecule has 0 unspecified atom stereocenters. The summed E-state index contributed by atoms with van der Waals surface area (Å²) in [6.45, 7) is 1.72. The molecule has 1 aromatic carbocycles. The number of nitrogens with zero attached hydrogens (tertiary/aromatic N) is 1. The summed E-state index contributed by atoms with van der Waals surface area (Å²) >= 11 is 0. The van der Waals surface area contributed by atoms with Gasteiger partial charge >= 0.3 is 0 Å². The summed E-state index contributed by atoms with van der Waals surface area (Å²) in [6, 6.07) is 7.04. The van der Waals surface area contributed by atoms with E-state index in [2.05, 4.69) is 0 Å². The fourth-order valence-corrected chi connectivity index (χ4v) is 2.76. The number of carbonyl (C=O) groups is 1. The molecular weight excluding hydrogens is 257 g/mol. The molecule has 1 aromatic rings. The lowest BCUT2D eigenvalue weighted by atomic mass is 9.98. The van der Waals surface area contributed by atoms with Crippen LogP contribution in [0, 0.1) is 11.7 Å². The first-order chi connectivity index (χ1) is 9.75. The van der Waals surface area contributed by atoms with Crippen LogP contribution in [-0.4, -0.2) is 30.1 Å². The molecule has 1 amide bonds. The second kappa shape index (κ2) is 5.92. The van der Waals surface area contributed by atoms with E-state index in [0.29, 0.717) is 31.4 Å². The van der Waals surface area contributed by atoms with Gasteiger partial charge in [-0.25, -0.2) is 4.39 Å². The summed E-state index contributed by atoms with van der Waals surface area (Å²) in [4.78, 5) is 14.5. The first kappa shape index (κ1) is 13.6. The third kappa shape index (κ3) is 3.01. The molecule has 0 N–H and O–H groups in total. The molecule has 3 nitrogen and oxygen atoms in total. The molecule has 4 heteroatoms. The molecule has 0 aromatic heterocycles. The number of hydrogen-bond donors (Lipinski definition) is 0. The zero-order valence-corrected chi connectivity index (χ0v) is 11.6. The Bertz CT molecular complexity index is 481. The smallest absolute Gasteiger partial charge is 0.226 e. The average molecular weight is 277 g/mol. The SMILES string of the molecule is O=C(C1CCOCC1)N(Cc1ccccc1F)C1CC1. The molecule has 1 aliphatic heterocycles. The number of amides is 1. The Kier molecular flexibility index (Phi) is 4.01. The van der Waals surface area contributed by atoms with Crippen LogP contribution in [0.15, 0.2) is 24.3 Å². The monoisotopic (exact) mass is 277 g/mol. The third-order valence-electron chi connectivity index (χ3n) is 4.14. The highest BCUT2D eigenvalue weighted by molar-refractivity contribution is 5.79. The van der Waals surface area contributed by atoms with E-state index < -0.39 is 0 Å². The number of carbonyl (C=O) groups excluding carboxylic acids is 1. The number of benzene rings is 1. The highest BCUT2D eigenvalue weighted by Crippen LogP contribution is 2.31. The maximum absolute atomic E-state index is 13.8. The Hall–Kier alpha value is -1.42. The fourth-order valence-electron chi connectivity index (χ4n) is 2.76. The van der Waals surface area contributed by atoms with Crippen molar-refractivity contribution in [2.24, 2.45) is 5.92 Å². The summed E-state index contributed by atoms with van der Waals surface area (Å²) in [7, 11) is 0. The number of halogens is 1. The van der Waals surface area contributed by atoms with Gasteiger partial charge in [0, 0.05) is 37.3 Å². The summed E-state index contributed by atoms with van der Waals surface area (Å²) < 4.78 is 19.1. The molecular formula is C16H20FNO2. The van der Waals surface area contributed by atoms with Gasteiger partial charge in [-0.3, -0.25) is 4.79 Å². The first-order valence-electron chi connectivity index (χ1n) is 7.37. The molecule has 2 aliphatic rings. The van der Waals surface area contributed by atoms with Crippen LogP contribution in [0.5, 0.6) is 0 Å². The summed E-state index contributed by atoms with van der Waals surface area (Å²) in [5.74, 6) is 0.00750. The van der Waals surface area contributed by atoms with E-state index in [1.165, 1.54) is 6.07 Å². The second-order valence-corrected chi connectivity index (χ2v) is 5.68. The molecule has 1 saturated heterocycles. The van der Waals surface area contributed by atoms with Crippen LogP contribution in [-0.2, 0) is 16.1 Å². The van der Waals surface area contributed by atoms with Crippen LogP contribution in [0.4, 0.5) is 4.39 Å². The maximum atomic E-state index is 13.8. The Labute approximate surface area is 118 Å². The number of hydrogen-bond acceptors (Lipinski definition) is 2. The Morgan fingerprint density at radius 3 is 2.55 bits per heavy atom. The van der Waals surface area contributed by atoms with Crippen molar-refractivity contribution in [3.05, 3.63) is 35.6 Å². The topological polar surface area (TPSA) is 29.5 Å². The zero-order valence-electron chi connectivity index (χ0n) is 11.6. The van der Waals surface area contributed by atoms with Crippen LogP contribution in [0.1, 0.15) is 31.2 Å². The second-order valence-electron chi connectivity index (χ2n) is 5.68. The highest BCUT2D eigenvalue weighted by atomic mass is 19.1. The van der Waals surface area contributed by atoms with Gasteiger partial charge in [0.25, 0.3) is 0 Å². The molecule has 1 saturated carbocycles. The van der Waals surface area contributed by atoms with Crippen LogP contribution in [0.2, 0.25) is 0 Å². The minimum Gasteiger partial charge on any atom is -0.381 e. The van der Waals surface area contributed by atoms with E-state index in [1.54, 1.807) is 12.1 Å². The van der Waals surface area contributed by atoms with E-state index in [4.69, 9.17) is 4.74 Å². The van der Waals surface area contributed by atoms with Crippen molar-refractivity contribution < 1.29 is 13.9 Å². The van der Waals surface area contributed by atoms with Gasteiger partial charge in [-0.2, -0.15) is 0 Å². The minimum absolute atomic E-state index is 0.0520. The van der Waals surface area contributed by atoms with Gasteiger partial charge in [0.15, 0.2) is 0 Å². The molecule has 0 spiro atoms.